The fourth-order valence-corrected chi connectivity index (χ4v) is 2.35. The van der Waals surface area contributed by atoms with Gasteiger partial charge in [0.15, 0.2) is 0 Å². The first-order valence-corrected chi connectivity index (χ1v) is 8.28. The minimum Gasteiger partial charge on any atom is -0.491 e. The normalized spacial score (nSPS) is 20.7. The highest BCUT2D eigenvalue weighted by molar-refractivity contribution is 5.99. The molecule has 5 heteroatoms. The number of carbonyl (C=O) groups is 2. The van der Waals surface area contributed by atoms with E-state index in [0.29, 0.717) is 6.42 Å². The summed E-state index contributed by atoms with van der Waals surface area (Å²) in [4.78, 5) is 24.2. The number of carbonyl (C=O) groups excluding carboxylic acids is 2. The molecule has 0 aliphatic heterocycles. The molecule has 1 fully saturated rings. The molecule has 5 nitrogen and oxygen atoms in total. The minimum atomic E-state index is -0.217. The third kappa shape index (κ3) is 4.98. The Kier molecular flexibility index (Phi) is 5.64. The first-order valence-electron chi connectivity index (χ1n) is 8.28. The van der Waals surface area contributed by atoms with E-state index in [1.807, 2.05) is 52.0 Å². The summed E-state index contributed by atoms with van der Waals surface area (Å²) in [6.45, 7) is 7.92. The number of benzene rings is 1. The fourth-order valence-electron chi connectivity index (χ4n) is 2.35. The van der Waals surface area contributed by atoms with Crippen molar-refractivity contribution in [3.05, 3.63) is 24.3 Å². The highest BCUT2D eigenvalue weighted by atomic mass is 16.5. The van der Waals surface area contributed by atoms with Crippen LogP contribution in [0.15, 0.2) is 24.3 Å². The predicted molar refractivity (Wildman–Crippen MR) is 90.3 cm³/mol. The van der Waals surface area contributed by atoms with Gasteiger partial charge >= 0.3 is 0 Å². The van der Waals surface area contributed by atoms with E-state index >= 15 is 0 Å². The van der Waals surface area contributed by atoms with Crippen molar-refractivity contribution in [2.24, 2.45) is 11.8 Å². The third-order valence-corrected chi connectivity index (χ3v) is 3.96. The highest BCUT2D eigenvalue weighted by Gasteiger charge is 2.48. The maximum absolute atomic E-state index is 12.2. The van der Waals surface area contributed by atoms with Crippen molar-refractivity contribution >= 4 is 17.5 Å². The van der Waals surface area contributed by atoms with Gasteiger partial charge in [-0.25, -0.2) is 0 Å². The topological polar surface area (TPSA) is 67.4 Å². The molecule has 1 aromatic carbocycles. The molecular weight excluding hydrogens is 292 g/mol. The second kappa shape index (κ2) is 7.49. The molecule has 0 bridgehead atoms. The SMILES string of the molecule is CCC(C)NC(=O)C1CC1C(=O)Nc1ccc(OC(C)C)cc1. The molecule has 2 amide bonds. The van der Waals surface area contributed by atoms with Gasteiger partial charge in [0.25, 0.3) is 0 Å². The minimum absolute atomic E-state index is 0.0137. The van der Waals surface area contributed by atoms with Crippen LogP contribution in [0.1, 0.15) is 40.5 Å². The lowest BCUT2D eigenvalue weighted by molar-refractivity contribution is -0.125. The van der Waals surface area contributed by atoms with Gasteiger partial charge in [-0.3, -0.25) is 9.59 Å². The summed E-state index contributed by atoms with van der Waals surface area (Å²) in [5, 5.41) is 5.79. The van der Waals surface area contributed by atoms with Crippen LogP contribution in [0.5, 0.6) is 5.75 Å². The lowest BCUT2D eigenvalue weighted by Crippen LogP contribution is -2.34. The van der Waals surface area contributed by atoms with Crippen LogP contribution in [0.4, 0.5) is 5.69 Å². The van der Waals surface area contributed by atoms with Crippen molar-refractivity contribution in [1.29, 1.82) is 0 Å². The van der Waals surface area contributed by atoms with E-state index in [1.54, 1.807) is 0 Å². The van der Waals surface area contributed by atoms with Crippen molar-refractivity contribution < 1.29 is 14.3 Å². The molecule has 1 aliphatic rings. The van der Waals surface area contributed by atoms with Crippen molar-refractivity contribution in [2.45, 2.75) is 52.7 Å². The van der Waals surface area contributed by atoms with Crippen molar-refractivity contribution in [3.63, 3.8) is 0 Å². The van der Waals surface area contributed by atoms with Crippen molar-refractivity contribution in [2.75, 3.05) is 5.32 Å². The molecule has 1 aliphatic carbocycles. The van der Waals surface area contributed by atoms with Crippen LogP contribution < -0.4 is 15.4 Å². The zero-order valence-electron chi connectivity index (χ0n) is 14.3. The monoisotopic (exact) mass is 318 g/mol. The molecule has 3 unspecified atom stereocenters. The number of nitrogens with one attached hydrogen (secondary N) is 2. The van der Waals surface area contributed by atoms with Crippen LogP contribution in [0.2, 0.25) is 0 Å². The molecule has 0 saturated heterocycles. The summed E-state index contributed by atoms with van der Waals surface area (Å²) < 4.78 is 5.56. The van der Waals surface area contributed by atoms with Gasteiger partial charge in [0.1, 0.15) is 5.75 Å². The average Bonchev–Trinajstić information content (AvgIpc) is 3.29. The van der Waals surface area contributed by atoms with Crippen LogP contribution in [0.3, 0.4) is 0 Å². The molecule has 3 atom stereocenters. The van der Waals surface area contributed by atoms with Crippen molar-refractivity contribution in [3.8, 4) is 5.75 Å². The predicted octanol–water partition coefficient (Wildman–Crippen LogP) is 2.96. The largest absolute Gasteiger partial charge is 0.491 e. The molecule has 1 saturated carbocycles. The molecule has 0 aromatic heterocycles. The molecule has 23 heavy (non-hydrogen) atoms. The molecular formula is C18H26N2O3. The van der Waals surface area contributed by atoms with Gasteiger partial charge in [-0.05, 0) is 57.9 Å². The fraction of sp³-hybridized carbons (Fsp3) is 0.556. The summed E-state index contributed by atoms with van der Waals surface area (Å²) in [7, 11) is 0. The maximum atomic E-state index is 12.2. The Morgan fingerprint density at radius 2 is 1.74 bits per heavy atom. The van der Waals surface area contributed by atoms with Crippen LogP contribution in [-0.4, -0.2) is 24.0 Å². The quantitative estimate of drug-likeness (QED) is 0.812. The zero-order chi connectivity index (χ0) is 17.0. The molecule has 0 spiro atoms. The van der Waals surface area contributed by atoms with Gasteiger partial charge in [-0.15, -0.1) is 0 Å². The Balaban J connectivity index is 1.83. The van der Waals surface area contributed by atoms with Crippen molar-refractivity contribution in [1.82, 2.24) is 5.32 Å². The smallest absolute Gasteiger partial charge is 0.228 e. The molecule has 2 rings (SSSR count). The van der Waals surface area contributed by atoms with E-state index in [-0.39, 0.29) is 35.8 Å². The van der Waals surface area contributed by atoms with Gasteiger partial charge in [-0.2, -0.15) is 0 Å². The number of rotatable bonds is 7. The molecule has 0 heterocycles. The lowest BCUT2D eigenvalue weighted by Gasteiger charge is -2.11. The number of anilines is 1. The second-order valence-electron chi connectivity index (χ2n) is 6.45. The average molecular weight is 318 g/mol. The Hall–Kier alpha value is -2.04. The highest BCUT2D eigenvalue weighted by Crippen LogP contribution is 2.39. The van der Waals surface area contributed by atoms with E-state index in [0.717, 1.165) is 17.9 Å². The maximum Gasteiger partial charge on any atom is 0.228 e. The lowest BCUT2D eigenvalue weighted by atomic mass is 10.2. The number of amides is 2. The molecule has 0 radical (unpaired) electrons. The van der Waals surface area contributed by atoms with E-state index in [1.165, 1.54) is 0 Å². The van der Waals surface area contributed by atoms with E-state index in [4.69, 9.17) is 4.74 Å². The summed E-state index contributed by atoms with van der Waals surface area (Å²) >= 11 is 0. The Bertz CT molecular complexity index is 554. The third-order valence-electron chi connectivity index (χ3n) is 3.96. The van der Waals surface area contributed by atoms with Crippen LogP contribution in [-0.2, 0) is 9.59 Å². The standard InChI is InChI=1S/C18H26N2O3/c1-5-12(4)19-17(21)15-10-16(15)18(22)20-13-6-8-14(9-7-13)23-11(2)3/h6-9,11-12,15-16H,5,10H2,1-4H3,(H,19,21)(H,20,22). The van der Waals surface area contributed by atoms with Crippen LogP contribution in [0.25, 0.3) is 0 Å². The van der Waals surface area contributed by atoms with E-state index in [9.17, 15) is 9.59 Å². The Labute approximate surface area is 137 Å². The van der Waals surface area contributed by atoms with Gasteiger partial charge in [0, 0.05) is 11.7 Å². The number of hydrogen-bond acceptors (Lipinski definition) is 3. The molecule has 2 N–H and O–H groups in total. The van der Waals surface area contributed by atoms with Crippen LogP contribution >= 0.6 is 0 Å². The Morgan fingerprint density at radius 3 is 2.30 bits per heavy atom. The van der Waals surface area contributed by atoms with Gasteiger partial charge in [0.2, 0.25) is 11.8 Å². The van der Waals surface area contributed by atoms with E-state index in [2.05, 4.69) is 10.6 Å². The van der Waals surface area contributed by atoms with Crippen LogP contribution in [0, 0.1) is 11.8 Å². The first kappa shape index (κ1) is 17.3. The second-order valence-corrected chi connectivity index (χ2v) is 6.45. The number of ether oxygens (including phenoxy) is 1. The number of hydrogen-bond donors (Lipinski definition) is 2. The summed E-state index contributed by atoms with van der Waals surface area (Å²) in [5.41, 5.74) is 0.721. The van der Waals surface area contributed by atoms with Gasteiger partial charge in [-0.1, -0.05) is 6.92 Å². The first-order chi connectivity index (χ1) is 10.9. The molecule has 126 valence electrons. The zero-order valence-corrected chi connectivity index (χ0v) is 14.3. The van der Waals surface area contributed by atoms with Gasteiger partial charge in [0.05, 0.1) is 17.9 Å². The van der Waals surface area contributed by atoms with Gasteiger partial charge < -0.3 is 15.4 Å². The summed E-state index contributed by atoms with van der Waals surface area (Å²) in [5.74, 6) is 0.264. The van der Waals surface area contributed by atoms with E-state index < -0.39 is 0 Å². The molecule has 1 aromatic rings. The summed E-state index contributed by atoms with van der Waals surface area (Å²) in [6.07, 6.45) is 1.63. The summed E-state index contributed by atoms with van der Waals surface area (Å²) in [6, 6.07) is 7.43. The Morgan fingerprint density at radius 1 is 1.13 bits per heavy atom.